The summed E-state index contributed by atoms with van der Waals surface area (Å²) in [6, 6.07) is 2.79. The third kappa shape index (κ3) is 3.25. The standard InChI is InChI=1S/C12H14BrFN2O/c13-9-3-1-2-4-10(9)16-12(17)11-6-5-8(14)7-15-11/h5-7,9-10H,1-4H2,(H,16,17). The minimum absolute atomic E-state index is 0.142. The molecule has 1 fully saturated rings. The Balaban J connectivity index is 1.98. The highest BCUT2D eigenvalue weighted by atomic mass is 79.9. The van der Waals surface area contributed by atoms with E-state index in [1.165, 1.54) is 18.6 Å². The van der Waals surface area contributed by atoms with Gasteiger partial charge in [0.2, 0.25) is 0 Å². The van der Waals surface area contributed by atoms with E-state index in [9.17, 15) is 9.18 Å². The second-order valence-electron chi connectivity index (χ2n) is 4.24. The van der Waals surface area contributed by atoms with Crippen LogP contribution in [0.4, 0.5) is 4.39 Å². The average Bonchev–Trinajstić information content (AvgIpc) is 2.33. The number of halogens is 2. The molecule has 0 bridgehead atoms. The first-order valence-electron chi connectivity index (χ1n) is 5.73. The monoisotopic (exact) mass is 300 g/mol. The van der Waals surface area contributed by atoms with Gasteiger partial charge in [-0.1, -0.05) is 28.8 Å². The average molecular weight is 301 g/mol. The van der Waals surface area contributed by atoms with Gasteiger partial charge in [-0.05, 0) is 25.0 Å². The van der Waals surface area contributed by atoms with Crippen LogP contribution in [0, 0.1) is 5.82 Å². The second-order valence-corrected chi connectivity index (χ2v) is 5.42. The van der Waals surface area contributed by atoms with Crippen molar-refractivity contribution in [1.82, 2.24) is 10.3 Å². The minimum Gasteiger partial charge on any atom is -0.347 e. The van der Waals surface area contributed by atoms with Crippen LogP contribution < -0.4 is 5.32 Å². The zero-order valence-corrected chi connectivity index (χ0v) is 10.9. The van der Waals surface area contributed by atoms with Gasteiger partial charge in [-0.2, -0.15) is 0 Å². The molecular weight excluding hydrogens is 287 g/mol. The lowest BCUT2D eigenvalue weighted by Gasteiger charge is -2.27. The quantitative estimate of drug-likeness (QED) is 0.853. The predicted molar refractivity (Wildman–Crippen MR) is 66.6 cm³/mol. The van der Waals surface area contributed by atoms with Crippen LogP contribution in [-0.4, -0.2) is 21.8 Å². The number of hydrogen-bond donors (Lipinski definition) is 1. The molecule has 0 aliphatic heterocycles. The van der Waals surface area contributed by atoms with Gasteiger partial charge < -0.3 is 5.32 Å². The number of nitrogens with zero attached hydrogens (tertiary/aromatic N) is 1. The summed E-state index contributed by atoms with van der Waals surface area (Å²) in [4.78, 5) is 15.9. The van der Waals surface area contributed by atoms with Gasteiger partial charge in [-0.25, -0.2) is 9.37 Å². The minimum atomic E-state index is -0.433. The van der Waals surface area contributed by atoms with Gasteiger partial charge in [0, 0.05) is 10.9 Å². The second kappa shape index (κ2) is 5.58. The molecule has 1 N–H and O–H groups in total. The molecule has 1 heterocycles. The maximum atomic E-state index is 12.7. The zero-order chi connectivity index (χ0) is 12.3. The van der Waals surface area contributed by atoms with Crippen LogP contribution >= 0.6 is 15.9 Å². The molecule has 2 rings (SSSR count). The number of rotatable bonds is 2. The normalized spacial score (nSPS) is 24.4. The van der Waals surface area contributed by atoms with Crippen LogP contribution in [0.5, 0.6) is 0 Å². The number of carbonyl (C=O) groups is 1. The molecule has 0 saturated heterocycles. The van der Waals surface area contributed by atoms with E-state index >= 15 is 0 Å². The number of amides is 1. The van der Waals surface area contributed by atoms with Crippen LogP contribution in [-0.2, 0) is 0 Å². The van der Waals surface area contributed by atoms with Crippen LogP contribution in [0.15, 0.2) is 18.3 Å². The molecule has 17 heavy (non-hydrogen) atoms. The van der Waals surface area contributed by atoms with E-state index < -0.39 is 5.82 Å². The topological polar surface area (TPSA) is 42.0 Å². The smallest absolute Gasteiger partial charge is 0.270 e. The van der Waals surface area contributed by atoms with E-state index in [2.05, 4.69) is 26.2 Å². The summed E-state index contributed by atoms with van der Waals surface area (Å²) in [5, 5.41) is 2.93. The van der Waals surface area contributed by atoms with Crippen molar-refractivity contribution >= 4 is 21.8 Å². The summed E-state index contributed by atoms with van der Waals surface area (Å²) in [5.41, 5.74) is 0.261. The molecule has 2 unspecified atom stereocenters. The van der Waals surface area contributed by atoms with Gasteiger partial charge in [0.15, 0.2) is 0 Å². The number of carbonyl (C=O) groups excluding carboxylic acids is 1. The van der Waals surface area contributed by atoms with Crippen molar-refractivity contribution in [3.05, 3.63) is 29.8 Å². The molecule has 1 aromatic heterocycles. The Bertz CT molecular complexity index is 396. The highest BCUT2D eigenvalue weighted by Gasteiger charge is 2.24. The third-order valence-electron chi connectivity index (χ3n) is 2.96. The summed E-state index contributed by atoms with van der Waals surface area (Å²) in [5.74, 6) is -0.668. The van der Waals surface area contributed by atoms with Crippen molar-refractivity contribution in [1.29, 1.82) is 0 Å². The van der Waals surface area contributed by atoms with Crippen molar-refractivity contribution in [2.45, 2.75) is 36.6 Å². The lowest BCUT2D eigenvalue weighted by Crippen LogP contribution is -2.42. The number of nitrogens with one attached hydrogen (secondary N) is 1. The van der Waals surface area contributed by atoms with Gasteiger partial charge >= 0.3 is 0 Å². The fourth-order valence-electron chi connectivity index (χ4n) is 2.00. The number of aromatic nitrogens is 1. The van der Waals surface area contributed by atoms with Crippen molar-refractivity contribution in [2.75, 3.05) is 0 Å². The number of hydrogen-bond acceptors (Lipinski definition) is 2. The lowest BCUT2D eigenvalue weighted by molar-refractivity contribution is 0.0924. The van der Waals surface area contributed by atoms with E-state index in [0.29, 0.717) is 4.83 Å². The maximum absolute atomic E-state index is 12.7. The van der Waals surface area contributed by atoms with Crippen LogP contribution in [0.3, 0.4) is 0 Å². The van der Waals surface area contributed by atoms with E-state index in [4.69, 9.17) is 0 Å². The van der Waals surface area contributed by atoms with Crippen LogP contribution in [0.1, 0.15) is 36.2 Å². The van der Waals surface area contributed by atoms with E-state index in [0.717, 1.165) is 25.5 Å². The van der Waals surface area contributed by atoms with Gasteiger partial charge in [0.05, 0.1) is 6.20 Å². The fourth-order valence-corrected chi connectivity index (χ4v) is 2.72. The SMILES string of the molecule is O=C(NC1CCCCC1Br)c1ccc(F)cn1. The Hall–Kier alpha value is -0.970. The third-order valence-corrected chi connectivity index (χ3v) is 4.05. The molecule has 3 nitrogen and oxygen atoms in total. The Morgan fingerprint density at radius 3 is 2.82 bits per heavy atom. The molecule has 1 aliphatic carbocycles. The first kappa shape index (κ1) is 12.5. The van der Waals surface area contributed by atoms with E-state index in [1.807, 2.05) is 0 Å². The summed E-state index contributed by atoms with van der Waals surface area (Å²) < 4.78 is 12.7. The number of alkyl halides is 1. The first-order valence-corrected chi connectivity index (χ1v) is 6.65. The Morgan fingerprint density at radius 2 is 2.18 bits per heavy atom. The van der Waals surface area contributed by atoms with Crippen LogP contribution in [0.25, 0.3) is 0 Å². The van der Waals surface area contributed by atoms with Gasteiger partial charge in [0.25, 0.3) is 5.91 Å². The largest absolute Gasteiger partial charge is 0.347 e. The maximum Gasteiger partial charge on any atom is 0.270 e. The fraction of sp³-hybridized carbons (Fsp3) is 0.500. The number of pyridine rings is 1. The highest BCUT2D eigenvalue weighted by Crippen LogP contribution is 2.24. The molecule has 1 saturated carbocycles. The highest BCUT2D eigenvalue weighted by molar-refractivity contribution is 9.09. The molecule has 1 aromatic rings. The molecule has 0 aromatic carbocycles. The Morgan fingerprint density at radius 1 is 1.41 bits per heavy atom. The van der Waals surface area contributed by atoms with Gasteiger partial charge in [-0.15, -0.1) is 0 Å². The summed E-state index contributed by atoms with van der Waals surface area (Å²) in [7, 11) is 0. The van der Waals surface area contributed by atoms with Crippen molar-refractivity contribution in [3.63, 3.8) is 0 Å². The Labute approximate surface area is 108 Å². The first-order chi connectivity index (χ1) is 8.16. The summed E-state index contributed by atoms with van der Waals surface area (Å²) >= 11 is 3.57. The molecule has 2 atom stereocenters. The van der Waals surface area contributed by atoms with Crippen molar-refractivity contribution < 1.29 is 9.18 Å². The van der Waals surface area contributed by atoms with Gasteiger partial charge in [-0.3, -0.25) is 4.79 Å². The molecule has 0 radical (unpaired) electrons. The van der Waals surface area contributed by atoms with E-state index in [-0.39, 0.29) is 17.6 Å². The molecule has 1 amide bonds. The summed E-state index contributed by atoms with van der Waals surface area (Å²) in [6.45, 7) is 0. The Kier molecular flexibility index (Phi) is 4.10. The van der Waals surface area contributed by atoms with Crippen molar-refractivity contribution in [2.24, 2.45) is 0 Å². The van der Waals surface area contributed by atoms with Gasteiger partial charge in [0.1, 0.15) is 11.5 Å². The molecule has 5 heteroatoms. The molecule has 92 valence electrons. The van der Waals surface area contributed by atoms with Crippen molar-refractivity contribution in [3.8, 4) is 0 Å². The zero-order valence-electron chi connectivity index (χ0n) is 9.33. The summed E-state index contributed by atoms with van der Waals surface area (Å²) in [6.07, 6.45) is 5.42. The van der Waals surface area contributed by atoms with Crippen LogP contribution in [0.2, 0.25) is 0 Å². The predicted octanol–water partition coefficient (Wildman–Crippen LogP) is 2.66. The molecular formula is C12H14BrFN2O. The lowest BCUT2D eigenvalue weighted by atomic mass is 9.95. The molecule has 1 aliphatic rings. The molecule has 0 spiro atoms. The van der Waals surface area contributed by atoms with E-state index in [1.54, 1.807) is 0 Å².